The van der Waals surface area contributed by atoms with Gasteiger partial charge in [-0.15, -0.1) is 6.42 Å². The number of pyridine rings is 2. The number of terminal acetylenes is 1. The van der Waals surface area contributed by atoms with Crippen LogP contribution in [0.5, 0.6) is 17.6 Å². The third kappa shape index (κ3) is 5.63. The van der Waals surface area contributed by atoms with Crippen molar-refractivity contribution >= 4 is 33.3 Å². The highest BCUT2D eigenvalue weighted by molar-refractivity contribution is 6.04. The largest absolute Gasteiger partial charge is 0.508 e. The molecule has 5 heterocycles. The molecule has 10 nitrogen and oxygen atoms in total. The van der Waals surface area contributed by atoms with Crippen LogP contribution in [-0.4, -0.2) is 74.8 Å². The van der Waals surface area contributed by atoms with Gasteiger partial charge in [0.15, 0.2) is 5.82 Å². The summed E-state index contributed by atoms with van der Waals surface area (Å²) in [6.07, 6.45) is 6.29. The molecule has 2 aliphatic heterocycles. The molecule has 5 aromatic rings. The second-order valence-electron chi connectivity index (χ2n) is 12.5. The first-order valence-corrected chi connectivity index (χ1v) is 15.5. The zero-order valence-electron chi connectivity index (χ0n) is 26.7. The monoisotopic (exact) mass is 673 g/mol. The molecule has 2 aliphatic rings. The number of nitrogens with zero attached hydrogens (tertiary/aromatic N) is 6. The van der Waals surface area contributed by atoms with Gasteiger partial charge in [-0.25, -0.2) is 27.5 Å². The number of aromatic nitrogens is 4. The number of hydrogen-bond acceptors (Lipinski definition) is 10. The number of hydrogen-bond donors (Lipinski definition) is 2. The molecule has 2 unspecified atom stereocenters. The van der Waals surface area contributed by atoms with Crippen molar-refractivity contribution in [2.24, 2.45) is 0 Å². The van der Waals surface area contributed by atoms with Gasteiger partial charge in [0.25, 0.3) is 5.92 Å². The van der Waals surface area contributed by atoms with E-state index in [0.717, 1.165) is 6.07 Å². The number of benzene rings is 2. The maximum Gasteiger partial charge on any atom is 0.319 e. The molecule has 0 spiro atoms. The number of ether oxygens (including phenoxy) is 2. The fourth-order valence-corrected chi connectivity index (χ4v) is 6.69. The summed E-state index contributed by atoms with van der Waals surface area (Å²) in [6.45, 7) is 3.29. The molecule has 1 saturated heterocycles. The molecule has 0 amide bonds. The van der Waals surface area contributed by atoms with Gasteiger partial charge in [0.1, 0.15) is 52.5 Å². The van der Waals surface area contributed by atoms with E-state index in [4.69, 9.17) is 21.6 Å². The smallest absolute Gasteiger partial charge is 0.319 e. The standard InChI is InChI=1S/C35H31F4N7O3/c1-5-22-25(36)9-8-19-11-21(47)12-24(26(19)22)29-28(37)30-27-32(44-34(43-30)48-15-20-13-35(38,39)16-45(20)4)46(14-17(2)49-33(27)42-29)18(3)23-7-6-10-41-31(23)40/h1,6-12,17-18,20,47H,13-16H2,2-4H3,(H2,40,41)/t17-,18?,20?/m0/s1. The number of nitrogen functional groups attached to an aromatic ring is 1. The molecule has 0 saturated carbocycles. The maximum absolute atomic E-state index is 17.1. The van der Waals surface area contributed by atoms with E-state index >= 15 is 4.39 Å². The van der Waals surface area contributed by atoms with Crippen molar-refractivity contribution in [1.29, 1.82) is 0 Å². The van der Waals surface area contributed by atoms with Crippen LogP contribution in [0.25, 0.3) is 32.9 Å². The van der Waals surface area contributed by atoms with Gasteiger partial charge >= 0.3 is 6.01 Å². The van der Waals surface area contributed by atoms with E-state index in [1.165, 1.54) is 23.1 Å². The highest BCUT2D eigenvalue weighted by atomic mass is 19.3. The molecular weight excluding hydrogens is 642 g/mol. The Hall–Kier alpha value is -5.42. The molecule has 49 heavy (non-hydrogen) atoms. The summed E-state index contributed by atoms with van der Waals surface area (Å²) in [5.74, 6) is -2.01. The Balaban J connectivity index is 1.47. The Kier molecular flexibility index (Phi) is 7.82. The lowest BCUT2D eigenvalue weighted by molar-refractivity contribution is 0.0136. The first-order valence-electron chi connectivity index (χ1n) is 15.5. The lowest BCUT2D eigenvalue weighted by Crippen LogP contribution is -2.35. The second-order valence-corrected chi connectivity index (χ2v) is 12.5. The predicted molar refractivity (Wildman–Crippen MR) is 176 cm³/mol. The molecule has 7 rings (SSSR count). The Bertz CT molecular complexity index is 2180. The Morgan fingerprint density at radius 1 is 1.18 bits per heavy atom. The van der Waals surface area contributed by atoms with Gasteiger partial charge in [0, 0.05) is 35.2 Å². The molecule has 2 aromatic carbocycles. The minimum absolute atomic E-state index is 0.00407. The summed E-state index contributed by atoms with van der Waals surface area (Å²) in [7, 11) is 1.57. The zero-order valence-corrected chi connectivity index (χ0v) is 26.7. The van der Waals surface area contributed by atoms with Crippen molar-refractivity contribution in [1.82, 2.24) is 24.8 Å². The molecule has 3 atom stereocenters. The van der Waals surface area contributed by atoms with Crippen molar-refractivity contribution < 1.29 is 32.1 Å². The quantitative estimate of drug-likeness (QED) is 0.168. The predicted octanol–water partition coefficient (Wildman–Crippen LogP) is 5.85. The van der Waals surface area contributed by atoms with Crippen LogP contribution in [0.3, 0.4) is 0 Å². The number of rotatable bonds is 6. The summed E-state index contributed by atoms with van der Waals surface area (Å²) >= 11 is 0. The fraction of sp³-hybridized carbons (Fsp3) is 0.314. The van der Waals surface area contributed by atoms with Crippen LogP contribution in [0.4, 0.5) is 29.2 Å². The van der Waals surface area contributed by atoms with Gasteiger partial charge in [-0.05, 0) is 50.5 Å². The summed E-state index contributed by atoms with van der Waals surface area (Å²) in [6, 6.07) is 7.37. The topological polar surface area (TPSA) is 123 Å². The number of nitrogens with two attached hydrogens (primary N) is 1. The molecule has 1 fully saturated rings. The summed E-state index contributed by atoms with van der Waals surface area (Å²) < 4.78 is 72.6. The van der Waals surface area contributed by atoms with E-state index in [2.05, 4.69) is 25.9 Å². The molecule has 14 heteroatoms. The molecular formula is C35H31F4N7O3. The van der Waals surface area contributed by atoms with Gasteiger partial charge in [0.05, 0.1) is 24.7 Å². The third-order valence-electron chi connectivity index (χ3n) is 9.03. The molecule has 0 radical (unpaired) electrons. The highest BCUT2D eigenvalue weighted by Crippen LogP contribution is 2.45. The van der Waals surface area contributed by atoms with Crippen LogP contribution in [0.15, 0.2) is 42.6 Å². The summed E-state index contributed by atoms with van der Waals surface area (Å²) in [5, 5.41) is 11.2. The second kappa shape index (κ2) is 11.9. The lowest BCUT2D eigenvalue weighted by atomic mass is 9.95. The maximum atomic E-state index is 17.1. The summed E-state index contributed by atoms with van der Waals surface area (Å²) in [5.41, 5.74) is 6.20. The van der Waals surface area contributed by atoms with Crippen LogP contribution in [0.1, 0.15) is 37.4 Å². The van der Waals surface area contributed by atoms with E-state index in [-0.39, 0.29) is 75.5 Å². The highest BCUT2D eigenvalue weighted by Gasteiger charge is 2.43. The SMILES string of the molecule is C#Cc1c(F)ccc2cc(O)cc(-c3nc4c5c(nc(OCC6CC(F)(F)CN6C)nc5c3F)N(C(C)c3cccnc3N)C[C@H](C)O4)c12. The van der Waals surface area contributed by atoms with E-state index in [0.29, 0.717) is 10.9 Å². The first kappa shape index (κ1) is 32.1. The number of anilines is 2. The van der Waals surface area contributed by atoms with Gasteiger partial charge < -0.3 is 25.2 Å². The number of likely N-dealkylation sites (N-methyl/N-ethyl adjacent to an activating group) is 1. The van der Waals surface area contributed by atoms with Crippen LogP contribution >= 0.6 is 0 Å². The summed E-state index contributed by atoms with van der Waals surface area (Å²) in [4.78, 5) is 21.2. The van der Waals surface area contributed by atoms with Crippen molar-refractivity contribution in [3.05, 3.63) is 65.4 Å². The molecule has 0 bridgehead atoms. The Morgan fingerprint density at radius 3 is 2.69 bits per heavy atom. The van der Waals surface area contributed by atoms with E-state index in [1.54, 1.807) is 26.2 Å². The molecule has 0 aliphatic carbocycles. The number of halogens is 4. The van der Waals surface area contributed by atoms with Crippen molar-refractivity contribution in [3.8, 4) is 41.2 Å². The minimum Gasteiger partial charge on any atom is -0.508 e. The van der Waals surface area contributed by atoms with E-state index in [9.17, 15) is 18.3 Å². The number of phenols is 1. The number of likely N-dealkylation sites (tertiary alicyclic amines) is 1. The van der Waals surface area contributed by atoms with Crippen LogP contribution in [0, 0.1) is 24.0 Å². The molecule has 3 N–H and O–H groups in total. The normalized spacial score (nSPS) is 19.4. The zero-order chi connectivity index (χ0) is 34.8. The van der Waals surface area contributed by atoms with Crippen molar-refractivity contribution in [2.75, 3.05) is 37.4 Å². The Labute approximate surface area is 278 Å². The molecule has 3 aromatic heterocycles. The van der Waals surface area contributed by atoms with Crippen molar-refractivity contribution in [2.45, 2.75) is 44.4 Å². The lowest BCUT2D eigenvalue weighted by Gasteiger charge is -2.31. The fourth-order valence-electron chi connectivity index (χ4n) is 6.69. The average molecular weight is 674 g/mol. The Morgan fingerprint density at radius 2 is 1.98 bits per heavy atom. The van der Waals surface area contributed by atoms with Crippen LogP contribution in [-0.2, 0) is 0 Å². The molecule has 252 valence electrons. The van der Waals surface area contributed by atoms with Gasteiger partial charge in [-0.1, -0.05) is 18.1 Å². The number of alkyl halides is 2. The van der Waals surface area contributed by atoms with Gasteiger partial charge in [-0.3, -0.25) is 4.90 Å². The van der Waals surface area contributed by atoms with E-state index < -0.39 is 48.7 Å². The van der Waals surface area contributed by atoms with Gasteiger partial charge in [0.2, 0.25) is 5.88 Å². The third-order valence-corrected chi connectivity index (χ3v) is 9.03. The van der Waals surface area contributed by atoms with E-state index in [1.807, 2.05) is 17.9 Å². The number of fused-ring (bicyclic) bond motifs is 1. The van der Waals surface area contributed by atoms with Gasteiger partial charge in [-0.2, -0.15) is 9.97 Å². The number of phenolic OH excluding ortho intramolecular Hbond substituents is 1. The number of aromatic hydroxyl groups is 1. The average Bonchev–Trinajstić information content (AvgIpc) is 3.24. The minimum atomic E-state index is -2.89. The van der Waals surface area contributed by atoms with Crippen LogP contribution < -0.4 is 20.1 Å². The first-order chi connectivity index (χ1) is 23.3. The van der Waals surface area contributed by atoms with Crippen molar-refractivity contribution in [3.63, 3.8) is 0 Å². The van der Waals surface area contributed by atoms with Crippen LogP contribution in [0.2, 0.25) is 0 Å².